The Kier molecular flexibility index (Phi) is 18.9. The fourth-order valence-corrected chi connectivity index (χ4v) is 5.35. The van der Waals surface area contributed by atoms with Gasteiger partial charge in [0.25, 0.3) is 5.69 Å². The topological polar surface area (TPSA) is 111 Å². The number of benzene rings is 1. The summed E-state index contributed by atoms with van der Waals surface area (Å²) in [7, 11) is 0. The molecule has 0 amide bonds. The second-order valence-electron chi connectivity index (χ2n) is 12.1. The molecule has 1 rings (SSSR count). The summed E-state index contributed by atoms with van der Waals surface area (Å²) in [6, 6.07) is 4.68. The highest BCUT2D eigenvalue weighted by Gasteiger charge is 2.22. The molecule has 0 saturated heterocycles. The molecule has 40 heavy (non-hydrogen) atoms. The maximum absolute atomic E-state index is 11.7. The van der Waals surface area contributed by atoms with Gasteiger partial charge in [0.2, 0.25) is 0 Å². The predicted octanol–water partition coefficient (Wildman–Crippen LogP) is 8.12. The van der Waals surface area contributed by atoms with Gasteiger partial charge in [-0.3, -0.25) is 10.1 Å². The molecule has 8 heteroatoms. The van der Waals surface area contributed by atoms with Gasteiger partial charge in [-0.05, 0) is 46.2 Å². The van der Waals surface area contributed by atoms with Crippen LogP contribution in [-0.4, -0.2) is 46.2 Å². The molecular weight excluding hydrogens is 504 g/mol. The number of rotatable bonds is 25. The maximum atomic E-state index is 11.7. The van der Waals surface area contributed by atoms with Crippen LogP contribution in [0.3, 0.4) is 0 Å². The van der Waals surface area contributed by atoms with Gasteiger partial charge in [-0.1, -0.05) is 103 Å². The van der Waals surface area contributed by atoms with Gasteiger partial charge in [0, 0.05) is 30.4 Å². The first-order valence-corrected chi connectivity index (χ1v) is 16.0. The zero-order chi connectivity index (χ0) is 29.8. The minimum Gasteiger partial charge on any atom is -0.378 e. The van der Waals surface area contributed by atoms with Crippen LogP contribution in [0.2, 0.25) is 0 Å². The Morgan fingerprint density at radius 1 is 0.825 bits per heavy atom. The monoisotopic (exact) mass is 564 g/mol. The molecule has 0 aliphatic carbocycles. The fourth-order valence-electron chi connectivity index (χ4n) is 5.35. The Balaban J connectivity index is 2.20. The Morgan fingerprint density at radius 3 is 1.75 bits per heavy atom. The summed E-state index contributed by atoms with van der Waals surface area (Å²) in [5.74, 6) is 0. The van der Waals surface area contributed by atoms with Crippen molar-refractivity contribution in [2.45, 2.75) is 155 Å². The van der Waals surface area contributed by atoms with Gasteiger partial charge in [-0.25, -0.2) is 0 Å². The lowest BCUT2D eigenvalue weighted by molar-refractivity contribution is -0.383. The maximum Gasteiger partial charge on any atom is 0.294 e. The number of anilines is 2. The third kappa shape index (κ3) is 15.8. The van der Waals surface area contributed by atoms with E-state index in [1.807, 2.05) is 0 Å². The molecular formula is C32H60N4O4. The van der Waals surface area contributed by atoms with E-state index in [1.54, 1.807) is 12.1 Å². The second kappa shape index (κ2) is 20.9. The van der Waals surface area contributed by atoms with Crippen LogP contribution < -0.4 is 15.5 Å². The Morgan fingerprint density at radius 2 is 1.30 bits per heavy atom. The third-order valence-corrected chi connectivity index (χ3v) is 7.73. The van der Waals surface area contributed by atoms with Gasteiger partial charge in [-0.15, -0.1) is 0 Å². The van der Waals surface area contributed by atoms with Gasteiger partial charge < -0.3 is 25.7 Å². The van der Waals surface area contributed by atoms with Gasteiger partial charge >= 0.3 is 0 Å². The van der Waals surface area contributed by atoms with Crippen molar-refractivity contribution >= 4 is 17.1 Å². The van der Waals surface area contributed by atoms with E-state index < -0.39 is 17.4 Å². The lowest BCUT2D eigenvalue weighted by atomic mass is 9.96. The van der Waals surface area contributed by atoms with Gasteiger partial charge in [0.15, 0.2) is 0 Å². The minimum absolute atomic E-state index is 0.0169. The van der Waals surface area contributed by atoms with E-state index in [0.717, 1.165) is 6.42 Å². The number of hydrogen-bond acceptors (Lipinski definition) is 7. The van der Waals surface area contributed by atoms with Crippen LogP contribution in [0.4, 0.5) is 17.1 Å². The zero-order valence-electron chi connectivity index (χ0n) is 26.2. The lowest BCUT2D eigenvalue weighted by Crippen LogP contribution is -2.41. The average molecular weight is 565 g/mol. The largest absolute Gasteiger partial charge is 0.378 e. The number of nitro benzene ring substituents is 1. The number of aliphatic hydroxyl groups excluding tert-OH is 2. The molecule has 4 N–H and O–H groups in total. The molecule has 0 spiro atoms. The molecule has 1 aromatic rings. The number of aliphatic hydroxyl groups is 2. The summed E-state index contributed by atoms with van der Waals surface area (Å²) in [6.07, 6.45) is 19.7. The SMILES string of the molecule is CCCCCCCCCCCCCCCCCC(C)(C)NCCNc1ccc(N(C(C)O)C(C)O)cc1[N+](=O)[O-]. The van der Waals surface area contributed by atoms with E-state index in [-0.39, 0.29) is 11.2 Å². The normalized spacial score (nSPS) is 13.3. The van der Waals surface area contributed by atoms with E-state index in [9.17, 15) is 20.3 Å². The molecule has 0 heterocycles. The first kappa shape index (κ1) is 36.1. The Bertz CT molecular complexity index is 793. The number of nitrogens with zero attached hydrogens (tertiary/aromatic N) is 2. The highest BCUT2D eigenvalue weighted by molar-refractivity contribution is 5.68. The molecule has 0 radical (unpaired) electrons. The molecule has 0 fully saturated rings. The van der Waals surface area contributed by atoms with Crippen LogP contribution in [0.15, 0.2) is 18.2 Å². The standard InChI is InChI=1S/C32H60N4O4/c1-6-7-8-9-10-11-12-13-14-15-16-17-18-19-20-23-32(4,5)34-25-24-33-30-22-21-29(26-31(30)36(39)40)35(27(2)37)28(3)38/h21-22,26-28,33-34,37-38H,6-20,23-25H2,1-5H3. The van der Waals surface area contributed by atoms with Crippen molar-refractivity contribution in [1.82, 2.24) is 5.32 Å². The smallest absolute Gasteiger partial charge is 0.294 e. The van der Waals surface area contributed by atoms with E-state index in [1.165, 1.54) is 121 Å². The van der Waals surface area contributed by atoms with Crippen molar-refractivity contribution in [3.63, 3.8) is 0 Å². The highest BCUT2D eigenvalue weighted by Crippen LogP contribution is 2.31. The van der Waals surface area contributed by atoms with Crippen molar-refractivity contribution in [2.24, 2.45) is 0 Å². The Labute approximate surface area is 244 Å². The van der Waals surface area contributed by atoms with Crippen molar-refractivity contribution in [1.29, 1.82) is 0 Å². The van der Waals surface area contributed by atoms with Crippen LogP contribution in [0.5, 0.6) is 0 Å². The molecule has 0 bridgehead atoms. The van der Waals surface area contributed by atoms with E-state index in [2.05, 4.69) is 31.4 Å². The summed E-state index contributed by atoms with van der Waals surface area (Å²) < 4.78 is 0. The molecule has 0 aliphatic rings. The van der Waals surface area contributed by atoms with Crippen LogP contribution in [0, 0.1) is 10.1 Å². The molecule has 1 aromatic carbocycles. The van der Waals surface area contributed by atoms with Crippen molar-refractivity contribution < 1.29 is 15.1 Å². The van der Waals surface area contributed by atoms with Crippen molar-refractivity contribution in [2.75, 3.05) is 23.3 Å². The molecule has 2 unspecified atom stereocenters. The predicted molar refractivity (Wildman–Crippen MR) is 169 cm³/mol. The number of nitrogens with one attached hydrogen (secondary N) is 2. The highest BCUT2D eigenvalue weighted by atomic mass is 16.6. The number of unbranched alkanes of at least 4 members (excludes halogenated alkanes) is 14. The third-order valence-electron chi connectivity index (χ3n) is 7.73. The summed E-state index contributed by atoms with van der Waals surface area (Å²) in [6.45, 7) is 11.0. The van der Waals surface area contributed by atoms with Crippen molar-refractivity contribution in [3.05, 3.63) is 28.3 Å². The summed E-state index contributed by atoms with van der Waals surface area (Å²) in [4.78, 5) is 12.5. The quantitative estimate of drug-likeness (QED) is 0.0411. The zero-order valence-corrected chi connectivity index (χ0v) is 26.2. The average Bonchev–Trinajstić information content (AvgIpc) is 2.89. The molecule has 0 aliphatic heterocycles. The number of hydrogen-bond donors (Lipinski definition) is 4. The van der Waals surface area contributed by atoms with Gasteiger partial charge in [0.1, 0.15) is 18.1 Å². The lowest BCUT2D eigenvalue weighted by Gasteiger charge is -2.30. The second-order valence-corrected chi connectivity index (χ2v) is 12.1. The molecule has 0 aromatic heterocycles. The van der Waals surface area contributed by atoms with Crippen LogP contribution in [0.1, 0.15) is 137 Å². The Hall–Kier alpha value is -1.90. The number of nitro groups is 1. The fraction of sp³-hybridized carbons (Fsp3) is 0.812. The summed E-state index contributed by atoms with van der Waals surface area (Å²) in [5.41, 5.74) is 0.751. The minimum atomic E-state index is -0.977. The van der Waals surface area contributed by atoms with E-state index in [0.29, 0.717) is 24.5 Å². The molecule has 2 atom stereocenters. The van der Waals surface area contributed by atoms with Crippen LogP contribution in [0.25, 0.3) is 0 Å². The van der Waals surface area contributed by atoms with Crippen LogP contribution >= 0.6 is 0 Å². The van der Waals surface area contributed by atoms with E-state index in [4.69, 9.17) is 0 Å². The molecule has 0 saturated carbocycles. The molecule has 232 valence electrons. The van der Waals surface area contributed by atoms with E-state index >= 15 is 0 Å². The van der Waals surface area contributed by atoms with Gasteiger partial charge in [-0.2, -0.15) is 0 Å². The summed E-state index contributed by atoms with van der Waals surface area (Å²) >= 11 is 0. The summed E-state index contributed by atoms with van der Waals surface area (Å²) in [5, 5.41) is 38.3. The van der Waals surface area contributed by atoms with Crippen molar-refractivity contribution in [3.8, 4) is 0 Å². The van der Waals surface area contributed by atoms with Gasteiger partial charge in [0.05, 0.1) is 4.92 Å². The first-order valence-electron chi connectivity index (χ1n) is 16.0. The van der Waals surface area contributed by atoms with Crippen LogP contribution in [-0.2, 0) is 0 Å². The first-order chi connectivity index (χ1) is 19.1. The molecule has 8 nitrogen and oxygen atoms in total.